The highest BCUT2D eigenvalue weighted by Crippen LogP contribution is 2.37. The van der Waals surface area contributed by atoms with Gasteiger partial charge in [0.15, 0.2) is 6.17 Å². The van der Waals surface area contributed by atoms with Crippen LogP contribution in [0.1, 0.15) is 37.5 Å². The van der Waals surface area contributed by atoms with Crippen LogP contribution in [-0.4, -0.2) is 59.3 Å². The van der Waals surface area contributed by atoms with Crippen LogP contribution in [0.2, 0.25) is 0 Å². The van der Waals surface area contributed by atoms with Crippen molar-refractivity contribution in [3.63, 3.8) is 0 Å². The third-order valence-corrected chi connectivity index (χ3v) is 6.92. The Balaban J connectivity index is 1.55. The number of aryl methyl sites for hydroxylation is 1. The predicted octanol–water partition coefficient (Wildman–Crippen LogP) is 4.60. The first-order valence-corrected chi connectivity index (χ1v) is 12.8. The summed E-state index contributed by atoms with van der Waals surface area (Å²) >= 11 is 0. The molecule has 3 atom stereocenters. The lowest BCUT2D eigenvalue weighted by molar-refractivity contribution is 0.266. The summed E-state index contributed by atoms with van der Waals surface area (Å²) in [5.41, 5.74) is 5.80. The standard InChI is InChI=1S/C28H33N7O2/c1-5-18-8-20(11-23(9-18)37-16-22(34-36)14-29-4)26-12-25(21-10-19-6-7-30-27(19)31-13-21)33-28-24(17(2)3)15-32-35(26)28/h6-13,15,17,22,24,28-29H,5,14,16H2,1-4H3,(H,30,31)/t22-,24?,28-/m0/s1. The summed E-state index contributed by atoms with van der Waals surface area (Å²) in [4.78, 5) is 24.1. The van der Waals surface area contributed by atoms with Crippen LogP contribution in [0, 0.1) is 16.7 Å². The number of hydrazone groups is 1. The molecule has 2 aromatic heterocycles. The monoisotopic (exact) mass is 499 g/mol. The summed E-state index contributed by atoms with van der Waals surface area (Å²) in [5.74, 6) is 1.28. The van der Waals surface area contributed by atoms with Crippen molar-refractivity contribution in [1.82, 2.24) is 20.3 Å². The van der Waals surface area contributed by atoms with E-state index >= 15 is 0 Å². The van der Waals surface area contributed by atoms with Crippen LogP contribution in [-0.2, 0) is 6.42 Å². The zero-order valence-electron chi connectivity index (χ0n) is 21.7. The molecule has 0 amide bonds. The minimum atomic E-state index is -0.457. The average molecular weight is 500 g/mol. The molecule has 4 heterocycles. The Labute approximate surface area is 216 Å². The molecule has 2 aliphatic rings. The third-order valence-electron chi connectivity index (χ3n) is 6.92. The van der Waals surface area contributed by atoms with Gasteiger partial charge in [0.05, 0.1) is 11.4 Å². The van der Waals surface area contributed by atoms with E-state index in [4.69, 9.17) is 14.8 Å². The van der Waals surface area contributed by atoms with Gasteiger partial charge in [-0.3, -0.25) is 4.99 Å². The topological polar surface area (TPSA) is 107 Å². The Hall–Kier alpha value is -3.85. The van der Waals surface area contributed by atoms with Crippen molar-refractivity contribution in [3.8, 4) is 5.75 Å². The van der Waals surface area contributed by atoms with E-state index in [-0.39, 0.29) is 18.7 Å². The molecule has 0 spiro atoms. The van der Waals surface area contributed by atoms with Gasteiger partial charge >= 0.3 is 0 Å². The lowest BCUT2D eigenvalue weighted by Crippen LogP contribution is -2.36. The second-order valence-corrected chi connectivity index (χ2v) is 9.87. The molecule has 0 aliphatic carbocycles. The highest BCUT2D eigenvalue weighted by molar-refractivity contribution is 6.14. The van der Waals surface area contributed by atoms with E-state index in [1.54, 1.807) is 7.05 Å². The number of pyridine rings is 1. The predicted molar refractivity (Wildman–Crippen MR) is 148 cm³/mol. The number of nitroso groups, excluding NO2 is 1. The fourth-order valence-electron chi connectivity index (χ4n) is 4.80. The van der Waals surface area contributed by atoms with E-state index in [2.05, 4.69) is 59.4 Å². The summed E-state index contributed by atoms with van der Waals surface area (Å²) in [5, 5.41) is 14.0. The summed E-state index contributed by atoms with van der Waals surface area (Å²) in [7, 11) is 1.80. The molecular weight excluding hydrogens is 466 g/mol. The number of hydrogen-bond acceptors (Lipinski definition) is 8. The van der Waals surface area contributed by atoms with Gasteiger partial charge in [-0.1, -0.05) is 25.9 Å². The van der Waals surface area contributed by atoms with Crippen LogP contribution in [0.5, 0.6) is 5.75 Å². The van der Waals surface area contributed by atoms with Crippen LogP contribution < -0.4 is 10.1 Å². The second kappa shape index (κ2) is 10.6. The van der Waals surface area contributed by atoms with E-state index in [1.807, 2.05) is 41.8 Å². The van der Waals surface area contributed by atoms with Gasteiger partial charge in [-0.15, -0.1) is 0 Å². The van der Waals surface area contributed by atoms with Gasteiger partial charge in [-0.25, -0.2) is 9.99 Å². The number of H-pyrrole nitrogens is 1. The maximum Gasteiger partial charge on any atom is 0.150 e. The smallest absolute Gasteiger partial charge is 0.150 e. The van der Waals surface area contributed by atoms with Crippen LogP contribution in [0.3, 0.4) is 0 Å². The minimum Gasteiger partial charge on any atom is -0.491 e. The first-order chi connectivity index (χ1) is 18.0. The maximum absolute atomic E-state index is 11.2. The van der Waals surface area contributed by atoms with Crippen molar-refractivity contribution in [2.45, 2.75) is 39.4 Å². The van der Waals surface area contributed by atoms with Crippen molar-refractivity contribution in [2.75, 3.05) is 20.2 Å². The van der Waals surface area contributed by atoms with Crippen LogP contribution in [0.4, 0.5) is 0 Å². The number of benzene rings is 1. The number of aliphatic imine (C=N–C) groups is 1. The Morgan fingerprint density at radius 1 is 1.22 bits per heavy atom. The molecule has 192 valence electrons. The van der Waals surface area contributed by atoms with Crippen LogP contribution in [0.25, 0.3) is 16.7 Å². The molecule has 2 aliphatic heterocycles. The second-order valence-electron chi connectivity index (χ2n) is 9.87. The van der Waals surface area contributed by atoms with Gasteiger partial charge in [-0.05, 0) is 61.4 Å². The number of nitrogens with one attached hydrogen (secondary N) is 2. The largest absolute Gasteiger partial charge is 0.491 e. The fourth-order valence-corrected chi connectivity index (χ4v) is 4.80. The number of allylic oxidation sites excluding steroid dienone is 1. The summed E-state index contributed by atoms with van der Waals surface area (Å²) in [6.45, 7) is 7.20. The van der Waals surface area contributed by atoms with Gasteiger partial charge in [0, 0.05) is 47.6 Å². The van der Waals surface area contributed by atoms with Gasteiger partial charge in [0.1, 0.15) is 24.0 Å². The summed E-state index contributed by atoms with van der Waals surface area (Å²) < 4.78 is 6.05. The van der Waals surface area contributed by atoms with E-state index in [9.17, 15) is 4.91 Å². The Bertz CT molecular complexity index is 1370. The number of hydrogen-bond donors (Lipinski definition) is 2. The minimum absolute atomic E-state index is 0.133. The summed E-state index contributed by atoms with van der Waals surface area (Å²) in [6, 6.07) is 9.89. The van der Waals surface area contributed by atoms with Crippen molar-refractivity contribution in [1.29, 1.82) is 0 Å². The number of aromatic amines is 1. The SMILES string of the molecule is CCc1cc(OC[C@H](CNC)N=O)cc(C2=CC(c3cnc4[nH]ccc4c3)=N[C@@H]3C(C(C)C)C=NN23)c1. The lowest BCUT2D eigenvalue weighted by atomic mass is 9.92. The first-order valence-electron chi connectivity index (χ1n) is 12.8. The number of likely N-dealkylation sites (N-methyl/N-ethyl adjacent to an activating group) is 1. The van der Waals surface area contributed by atoms with Gasteiger partial charge < -0.3 is 15.0 Å². The van der Waals surface area contributed by atoms with Crippen molar-refractivity contribution in [3.05, 3.63) is 70.4 Å². The van der Waals surface area contributed by atoms with Crippen molar-refractivity contribution in [2.24, 2.45) is 27.1 Å². The van der Waals surface area contributed by atoms with E-state index in [1.165, 1.54) is 0 Å². The molecule has 0 fully saturated rings. The van der Waals surface area contributed by atoms with E-state index in [0.29, 0.717) is 18.2 Å². The molecule has 1 unspecified atom stereocenters. The number of aromatic nitrogens is 2. The van der Waals surface area contributed by atoms with Crippen molar-refractivity contribution >= 4 is 28.7 Å². The van der Waals surface area contributed by atoms with Gasteiger partial charge in [0.2, 0.25) is 0 Å². The first kappa shape index (κ1) is 24.8. The molecule has 2 N–H and O–H groups in total. The Morgan fingerprint density at radius 2 is 2.08 bits per heavy atom. The fraction of sp³-hybridized carbons (Fsp3) is 0.393. The zero-order chi connectivity index (χ0) is 25.9. The number of fused-ring (bicyclic) bond motifs is 2. The molecule has 37 heavy (non-hydrogen) atoms. The van der Waals surface area contributed by atoms with Gasteiger partial charge in [0.25, 0.3) is 0 Å². The molecule has 1 aromatic carbocycles. The Kier molecular flexibility index (Phi) is 7.14. The summed E-state index contributed by atoms with van der Waals surface area (Å²) in [6.07, 6.45) is 8.58. The Morgan fingerprint density at radius 3 is 2.84 bits per heavy atom. The molecule has 5 rings (SSSR count). The molecule has 9 nitrogen and oxygen atoms in total. The van der Waals surface area contributed by atoms with Gasteiger partial charge in [-0.2, -0.15) is 10.0 Å². The van der Waals surface area contributed by atoms with Crippen LogP contribution >= 0.6 is 0 Å². The zero-order valence-corrected chi connectivity index (χ0v) is 21.7. The van der Waals surface area contributed by atoms with E-state index in [0.717, 1.165) is 45.6 Å². The van der Waals surface area contributed by atoms with Crippen LogP contribution in [0.15, 0.2) is 64.1 Å². The maximum atomic E-state index is 11.2. The lowest BCUT2D eigenvalue weighted by Gasteiger charge is -2.32. The highest BCUT2D eigenvalue weighted by atomic mass is 16.5. The van der Waals surface area contributed by atoms with E-state index < -0.39 is 6.04 Å². The normalized spacial score (nSPS) is 19.6. The number of nitrogens with zero attached hydrogens (tertiary/aromatic N) is 5. The third kappa shape index (κ3) is 5.04. The molecule has 0 bridgehead atoms. The molecule has 9 heteroatoms. The molecular formula is C28H33N7O2. The highest BCUT2D eigenvalue weighted by Gasteiger charge is 2.38. The molecule has 0 saturated heterocycles. The average Bonchev–Trinajstić information content (AvgIpc) is 3.57. The number of ether oxygens (including phenoxy) is 1. The van der Waals surface area contributed by atoms with Crippen molar-refractivity contribution < 1.29 is 4.74 Å². The quantitative estimate of drug-likeness (QED) is 0.397. The molecule has 0 saturated carbocycles. The molecule has 0 radical (unpaired) electrons. The number of rotatable bonds is 10. The molecule has 3 aromatic rings.